The van der Waals surface area contributed by atoms with Crippen molar-refractivity contribution in [1.29, 1.82) is 0 Å². The highest BCUT2D eigenvalue weighted by Crippen LogP contribution is 2.38. The first kappa shape index (κ1) is 20.7. The molecule has 0 spiro atoms. The van der Waals surface area contributed by atoms with Crippen LogP contribution in [0.2, 0.25) is 0 Å². The number of amides is 1. The highest BCUT2D eigenvalue weighted by molar-refractivity contribution is 5.99. The molecule has 1 aliphatic carbocycles. The number of carbonyl (C=O) groups is 1. The zero-order chi connectivity index (χ0) is 22.2. The van der Waals surface area contributed by atoms with E-state index in [2.05, 4.69) is 5.10 Å². The van der Waals surface area contributed by atoms with Crippen molar-refractivity contribution in [3.05, 3.63) is 76.9 Å². The van der Waals surface area contributed by atoms with Gasteiger partial charge in [0.05, 0.1) is 31.5 Å². The fraction of sp³-hybridized carbons (Fsp3) is 0.360. The Morgan fingerprint density at radius 2 is 2.00 bits per heavy atom. The SMILES string of the molecule is COc1c(Cc2ccc(-n3cccn3)cc2)cc2c(c1F)CN([C@H]1CCCC[C@@H]1O)C2=O. The Morgan fingerprint density at radius 1 is 1.22 bits per heavy atom. The summed E-state index contributed by atoms with van der Waals surface area (Å²) in [5.41, 5.74) is 3.29. The molecule has 5 rings (SSSR count). The molecular weight excluding hydrogens is 409 g/mol. The van der Waals surface area contributed by atoms with Crippen LogP contribution in [0.1, 0.15) is 52.7 Å². The normalized spacial score (nSPS) is 20.5. The number of ether oxygens (including phenoxy) is 1. The van der Waals surface area contributed by atoms with Crippen molar-refractivity contribution in [3.8, 4) is 11.4 Å². The van der Waals surface area contributed by atoms with Crippen molar-refractivity contribution in [3.63, 3.8) is 0 Å². The van der Waals surface area contributed by atoms with Crippen LogP contribution < -0.4 is 4.74 Å². The molecule has 3 aromatic rings. The second-order valence-electron chi connectivity index (χ2n) is 8.56. The van der Waals surface area contributed by atoms with Crippen LogP contribution in [0.5, 0.6) is 5.75 Å². The van der Waals surface area contributed by atoms with E-state index >= 15 is 4.39 Å². The molecule has 32 heavy (non-hydrogen) atoms. The summed E-state index contributed by atoms with van der Waals surface area (Å²) in [4.78, 5) is 14.8. The smallest absolute Gasteiger partial charge is 0.254 e. The van der Waals surface area contributed by atoms with E-state index in [0.29, 0.717) is 29.5 Å². The highest BCUT2D eigenvalue weighted by atomic mass is 19.1. The summed E-state index contributed by atoms with van der Waals surface area (Å²) in [7, 11) is 1.45. The van der Waals surface area contributed by atoms with Crippen LogP contribution in [-0.4, -0.2) is 44.9 Å². The number of benzene rings is 2. The van der Waals surface area contributed by atoms with Gasteiger partial charge in [0.1, 0.15) is 0 Å². The number of methoxy groups -OCH3 is 1. The van der Waals surface area contributed by atoms with E-state index in [1.807, 2.05) is 36.5 Å². The first-order chi connectivity index (χ1) is 15.6. The van der Waals surface area contributed by atoms with Gasteiger partial charge in [0.2, 0.25) is 0 Å². The third-order valence-electron chi connectivity index (χ3n) is 6.62. The minimum absolute atomic E-state index is 0.178. The Morgan fingerprint density at radius 3 is 2.69 bits per heavy atom. The maximum atomic E-state index is 15.4. The predicted octanol–water partition coefficient (Wildman–Crippen LogP) is 3.87. The van der Waals surface area contributed by atoms with Crippen LogP contribution in [0, 0.1) is 5.82 Å². The Kier molecular flexibility index (Phi) is 5.43. The average molecular weight is 435 g/mol. The number of halogens is 1. The average Bonchev–Trinajstić information content (AvgIpc) is 3.44. The lowest BCUT2D eigenvalue weighted by Crippen LogP contribution is -2.45. The van der Waals surface area contributed by atoms with Crippen LogP contribution >= 0.6 is 0 Å². The van der Waals surface area contributed by atoms with Crippen LogP contribution in [-0.2, 0) is 13.0 Å². The molecular formula is C25H26FN3O3. The molecule has 1 saturated carbocycles. The number of aliphatic hydroxyl groups is 1. The van der Waals surface area contributed by atoms with E-state index in [1.165, 1.54) is 7.11 Å². The summed E-state index contributed by atoms with van der Waals surface area (Å²) in [5.74, 6) is -0.504. The number of nitrogens with zero attached hydrogens (tertiary/aromatic N) is 3. The fourth-order valence-electron chi connectivity index (χ4n) is 4.95. The minimum Gasteiger partial charge on any atom is -0.493 e. The van der Waals surface area contributed by atoms with Gasteiger partial charge in [-0.25, -0.2) is 9.07 Å². The fourth-order valence-corrected chi connectivity index (χ4v) is 4.95. The zero-order valence-corrected chi connectivity index (χ0v) is 18.0. The summed E-state index contributed by atoms with van der Waals surface area (Å²) >= 11 is 0. The Labute approximate surface area is 186 Å². The number of rotatable bonds is 5. The Bertz CT molecular complexity index is 1130. The van der Waals surface area contributed by atoms with Crippen molar-refractivity contribution in [2.45, 2.75) is 50.8 Å². The molecule has 0 saturated heterocycles. The standard InChI is InChI=1S/C25H26FN3O3/c1-32-24-17(13-16-7-9-18(10-8-16)29-12-4-11-27-29)14-19-20(23(24)26)15-28(25(19)31)21-5-2-3-6-22(21)30/h4,7-12,14,21-22,30H,2-3,5-6,13,15H2,1H3/t21-,22-/m0/s1. The van der Waals surface area contributed by atoms with Gasteiger partial charge in [-0.15, -0.1) is 0 Å². The van der Waals surface area contributed by atoms with Gasteiger partial charge in [-0.2, -0.15) is 5.10 Å². The van der Waals surface area contributed by atoms with Gasteiger partial charge in [0.25, 0.3) is 5.91 Å². The lowest BCUT2D eigenvalue weighted by Gasteiger charge is -2.35. The molecule has 1 fully saturated rings. The van der Waals surface area contributed by atoms with E-state index in [9.17, 15) is 9.90 Å². The monoisotopic (exact) mass is 435 g/mol. The third kappa shape index (κ3) is 3.56. The molecule has 0 bridgehead atoms. The molecule has 2 heterocycles. The summed E-state index contributed by atoms with van der Waals surface area (Å²) in [6.45, 7) is 0.178. The molecule has 1 aliphatic heterocycles. The molecule has 2 aliphatic rings. The number of fused-ring (bicyclic) bond motifs is 1. The number of aliphatic hydroxyl groups excluding tert-OH is 1. The summed E-state index contributed by atoms with van der Waals surface area (Å²) < 4.78 is 22.6. The molecule has 1 aromatic heterocycles. The van der Waals surface area contributed by atoms with Crippen molar-refractivity contribution >= 4 is 5.91 Å². The van der Waals surface area contributed by atoms with E-state index in [-0.39, 0.29) is 24.2 Å². The lowest BCUT2D eigenvalue weighted by molar-refractivity contribution is 0.0189. The van der Waals surface area contributed by atoms with Crippen molar-refractivity contribution in [1.82, 2.24) is 14.7 Å². The van der Waals surface area contributed by atoms with Gasteiger partial charge in [-0.1, -0.05) is 25.0 Å². The van der Waals surface area contributed by atoms with Gasteiger partial charge in [-0.05, 0) is 42.7 Å². The molecule has 7 heteroatoms. The number of hydrogen-bond donors (Lipinski definition) is 1. The molecule has 2 atom stereocenters. The summed E-state index contributed by atoms with van der Waals surface area (Å²) in [6, 6.07) is 11.2. The quantitative estimate of drug-likeness (QED) is 0.661. The molecule has 166 valence electrons. The highest BCUT2D eigenvalue weighted by Gasteiger charge is 2.39. The Hall–Kier alpha value is -3.19. The number of hydrogen-bond acceptors (Lipinski definition) is 4. The van der Waals surface area contributed by atoms with Crippen LogP contribution in [0.4, 0.5) is 4.39 Å². The summed E-state index contributed by atoms with van der Waals surface area (Å²) in [6.07, 6.45) is 6.82. The number of carbonyl (C=O) groups excluding carboxylic acids is 1. The molecule has 1 amide bonds. The van der Waals surface area contributed by atoms with Crippen LogP contribution in [0.15, 0.2) is 48.8 Å². The predicted molar refractivity (Wildman–Crippen MR) is 117 cm³/mol. The van der Waals surface area contributed by atoms with E-state index in [1.54, 1.807) is 21.8 Å². The Balaban J connectivity index is 1.44. The van der Waals surface area contributed by atoms with E-state index in [0.717, 1.165) is 30.5 Å². The van der Waals surface area contributed by atoms with Gasteiger partial charge >= 0.3 is 0 Å². The largest absolute Gasteiger partial charge is 0.493 e. The molecule has 6 nitrogen and oxygen atoms in total. The molecule has 2 aromatic carbocycles. The minimum atomic E-state index is -0.556. The van der Waals surface area contributed by atoms with Crippen LogP contribution in [0.25, 0.3) is 5.69 Å². The van der Waals surface area contributed by atoms with Crippen molar-refractivity contribution in [2.75, 3.05) is 7.11 Å². The van der Waals surface area contributed by atoms with Gasteiger partial charge in [0, 0.05) is 35.5 Å². The first-order valence-electron chi connectivity index (χ1n) is 11.0. The van der Waals surface area contributed by atoms with E-state index < -0.39 is 11.9 Å². The zero-order valence-electron chi connectivity index (χ0n) is 18.0. The molecule has 1 N–H and O–H groups in total. The topological polar surface area (TPSA) is 67.6 Å². The second-order valence-corrected chi connectivity index (χ2v) is 8.56. The maximum Gasteiger partial charge on any atom is 0.254 e. The lowest BCUT2D eigenvalue weighted by atomic mass is 9.91. The second kappa shape index (κ2) is 8.39. The van der Waals surface area contributed by atoms with Gasteiger partial charge < -0.3 is 14.7 Å². The third-order valence-corrected chi connectivity index (χ3v) is 6.62. The van der Waals surface area contributed by atoms with Crippen molar-refractivity contribution in [2.24, 2.45) is 0 Å². The van der Waals surface area contributed by atoms with Gasteiger partial charge in [-0.3, -0.25) is 4.79 Å². The van der Waals surface area contributed by atoms with Crippen LogP contribution in [0.3, 0.4) is 0 Å². The maximum absolute atomic E-state index is 15.4. The summed E-state index contributed by atoms with van der Waals surface area (Å²) in [5, 5.41) is 14.6. The molecule has 0 radical (unpaired) electrons. The van der Waals surface area contributed by atoms with Crippen molar-refractivity contribution < 1.29 is 19.0 Å². The van der Waals surface area contributed by atoms with E-state index in [4.69, 9.17) is 4.74 Å². The molecule has 0 unspecified atom stereocenters. The first-order valence-corrected chi connectivity index (χ1v) is 11.0. The van der Waals surface area contributed by atoms with Gasteiger partial charge in [0.15, 0.2) is 11.6 Å². The number of aromatic nitrogens is 2.